The van der Waals surface area contributed by atoms with E-state index in [0.717, 1.165) is 6.07 Å². The average molecular weight is 446 g/mol. The fourth-order valence-electron chi connectivity index (χ4n) is 3.87. The van der Waals surface area contributed by atoms with Crippen molar-refractivity contribution in [3.05, 3.63) is 54.0 Å². The Balaban J connectivity index is 1.92. The van der Waals surface area contributed by atoms with Crippen molar-refractivity contribution in [2.24, 2.45) is 7.05 Å². The number of nitrogens with zero attached hydrogens (tertiary/aromatic N) is 4. The molecule has 1 aliphatic rings. The molecule has 1 aliphatic heterocycles. The number of aromatic nitrogens is 3. The van der Waals surface area contributed by atoms with Gasteiger partial charge in [-0.1, -0.05) is 0 Å². The third-order valence-electron chi connectivity index (χ3n) is 5.41. The first-order valence-electron chi connectivity index (χ1n) is 9.93. The van der Waals surface area contributed by atoms with Crippen molar-refractivity contribution >= 4 is 11.8 Å². The highest BCUT2D eigenvalue weighted by Gasteiger charge is 2.37. The zero-order valence-electron chi connectivity index (χ0n) is 17.7. The van der Waals surface area contributed by atoms with Gasteiger partial charge in [-0.3, -0.25) is 9.58 Å². The minimum absolute atomic E-state index is 0.146. The fourth-order valence-corrected chi connectivity index (χ4v) is 3.87. The second-order valence-corrected chi connectivity index (χ2v) is 7.53. The van der Waals surface area contributed by atoms with Crippen LogP contribution >= 0.6 is 0 Å². The molecule has 0 saturated carbocycles. The molecule has 1 atom stereocenters. The molecular formula is C22H21F3N4O3. The van der Waals surface area contributed by atoms with Gasteiger partial charge in [0.25, 0.3) is 0 Å². The highest BCUT2D eigenvalue weighted by Crippen LogP contribution is 2.46. The number of fused-ring (bicyclic) bond motifs is 1. The van der Waals surface area contributed by atoms with Crippen LogP contribution in [0.25, 0.3) is 11.1 Å². The van der Waals surface area contributed by atoms with Crippen LogP contribution < -0.4 is 9.64 Å². The lowest BCUT2D eigenvalue weighted by atomic mass is 9.92. The Morgan fingerprint density at radius 2 is 2.03 bits per heavy atom. The highest BCUT2D eigenvalue weighted by atomic mass is 19.4. The topological polar surface area (TPSA) is 69.5 Å². The number of pyridine rings is 1. The number of hydrogen-bond donors (Lipinski definition) is 0. The summed E-state index contributed by atoms with van der Waals surface area (Å²) in [5.41, 5.74) is 1.37. The number of halogens is 3. The molecule has 3 aromatic rings. The normalized spacial score (nSPS) is 15.9. The summed E-state index contributed by atoms with van der Waals surface area (Å²) in [6.45, 7) is 1.88. The lowest BCUT2D eigenvalue weighted by molar-refractivity contribution is -0.138. The predicted octanol–water partition coefficient (Wildman–Crippen LogP) is 5.20. The van der Waals surface area contributed by atoms with Crippen LogP contribution in [0.1, 0.15) is 24.5 Å². The van der Waals surface area contributed by atoms with Gasteiger partial charge in [-0.15, -0.1) is 0 Å². The largest absolute Gasteiger partial charge is 0.452 e. The molecule has 10 heteroatoms. The zero-order valence-corrected chi connectivity index (χ0v) is 17.7. The maximum absolute atomic E-state index is 13.6. The molecule has 1 amide bonds. The van der Waals surface area contributed by atoms with E-state index in [-0.39, 0.29) is 11.8 Å². The molecule has 3 heterocycles. The first-order valence-corrected chi connectivity index (χ1v) is 9.93. The van der Waals surface area contributed by atoms with Crippen molar-refractivity contribution in [2.75, 3.05) is 12.0 Å². The zero-order chi connectivity index (χ0) is 23.0. The number of carbonyl (C=O) groups excluding carboxylic acids is 1. The molecule has 0 fully saturated rings. The van der Waals surface area contributed by atoms with E-state index in [0.29, 0.717) is 35.2 Å². The maximum atomic E-state index is 13.6. The first-order chi connectivity index (χ1) is 15.2. The first kappa shape index (κ1) is 21.7. The monoisotopic (exact) mass is 446 g/mol. The van der Waals surface area contributed by atoms with Crippen LogP contribution in [0.4, 0.5) is 23.7 Å². The Kier molecular flexibility index (Phi) is 5.53. The standard InChI is InChI=1S/C22H21F3N4O3/c1-13-6-7-16-18(29(13)21(30)31-3)9-8-15(14-11-27-28(2)12-14)19(16)32-20-17(22(23,24)25)5-4-10-26-20/h4-5,8-13H,6-7H2,1-3H3. The molecule has 0 spiro atoms. The molecule has 4 rings (SSSR count). The fraction of sp³-hybridized carbons (Fsp3) is 0.318. The van der Waals surface area contributed by atoms with Gasteiger partial charge in [0, 0.05) is 42.2 Å². The van der Waals surface area contributed by atoms with E-state index in [1.54, 1.807) is 36.3 Å². The van der Waals surface area contributed by atoms with E-state index in [1.807, 2.05) is 6.92 Å². The number of anilines is 1. The van der Waals surface area contributed by atoms with Crippen LogP contribution in [0.2, 0.25) is 0 Å². The Morgan fingerprint density at radius 3 is 2.69 bits per heavy atom. The van der Waals surface area contributed by atoms with Gasteiger partial charge in [-0.2, -0.15) is 18.3 Å². The SMILES string of the molecule is COC(=O)N1c2ccc(-c3cnn(C)c3)c(Oc3ncccc3C(F)(F)F)c2CCC1C. The van der Waals surface area contributed by atoms with Crippen molar-refractivity contribution in [3.63, 3.8) is 0 Å². The number of hydrogen-bond acceptors (Lipinski definition) is 5. The molecule has 0 saturated heterocycles. The molecule has 1 unspecified atom stereocenters. The summed E-state index contributed by atoms with van der Waals surface area (Å²) in [4.78, 5) is 17.8. The van der Waals surface area contributed by atoms with Gasteiger partial charge in [-0.05, 0) is 44.0 Å². The summed E-state index contributed by atoms with van der Waals surface area (Å²) in [5, 5.41) is 4.16. The summed E-state index contributed by atoms with van der Waals surface area (Å²) >= 11 is 0. The summed E-state index contributed by atoms with van der Waals surface area (Å²) in [6.07, 6.45) is 0.478. The van der Waals surface area contributed by atoms with Crippen molar-refractivity contribution < 1.29 is 27.4 Å². The van der Waals surface area contributed by atoms with Gasteiger partial charge in [-0.25, -0.2) is 9.78 Å². The third kappa shape index (κ3) is 3.88. The van der Waals surface area contributed by atoms with E-state index in [9.17, 15) is 18.0 Å². The molecule has 1 aromatic carbocycles. The van der Waals surface area contributed by atoms with Crippen LogP contribution in [0.15, 0.2) is 42.9 Å². The highest BCUT2D eigenvalue weighted by molar-refractivity contribution is 5.92. The number of rotatable bonds is 3. The minimum atomic E-state index is -4.64. The quantitative estimate of drug-likeness (QED) is 0.553. The van der Waals surface area contributed by atoms with Crippen LogP contribution in [0, 0.1) is 0 Å². The number of aryl methyl sites for hydroxylation is 1. The van der Waals surface area contributed by atoms with Crippen molar-refractivity contribution in [1.29, 1.82) is 0 Å². The van der Waals surface area contributed by atoms with Crippen LogP contribution in [-0.2, 0) is 24.4 Å². The maximum Gasteiger partial charge on any atom is 0.421 e. The Hall–Kier alpha value is -3.56. The Bertz CT molecular complexity index is 1160. The summed E-state index contributed by atoms with van der Waals surface area (Å²) < 4.78 is 53.1. The van der Waals surface area contributed by atoms with E-state index in [2.05, 4.69) is 10.1 Å². The molecule has 0 radical (unpaired) electrons. The predicted molar refractivity (Wildman–Crippen MR) is 111 cm³/mol. The van der Waals surface area contributed by atoms with E-state index >= 15 is 0 Å². The molecule has 168 valence electrons. The third-order valence-corrected chi connectivity index (χ3v) is 5.41. The number of carbonyl (C=O) groups is 1. The van der Waals surface area contributed by atoms with Crippen molar-refractivity contribution in [2.45, 2.75) is 32.0 Å². The molecule has 0 N–H and O–H groups in total. The van der Waals surface area contributed by atoms with Gasteiger partial charge in [0.2, 0.25) is 5.88 Å². The van der Waals surface area contributed by atoms with E-state index < -0.39 is 23.7 Å². The lowest BCUT2D eigenvalue weighted by Gasteiger charge is -2.35. The second kappa shape index (κ2) is 8.18. The average Bonchev–Trinajstić information content (AvgIpc) is 3.19. The smallest absolute Gasteiger partial charge is 0.421 e. The van der Waals surface area contributed by atoms with Crippen LogP contribution in [0.3, 0.4) is 0 Å². The number of ether oxygens (including phenoxy) is 2. The molecule has 32 heavy (non-hydrogen) atoms. The van der Waals surface area contributed by atoms with Crippen molar-refractivity contribution in [3.8, 4) is 22.8 Å². The van der Waals surface area contributed by atoms with Gasteiger partial charge in [0.1, 0.15) is 11.3 Å². The summed E-state index contributed by atoms with van der Waals surface area (Å²) in [6, 6.07) is 5.44. The number of benzene rings is 1. The van der Waals surface area contributed by atoms with Crippen LogP contribution in [0.5, 0.6) is 11.6 Å². The number of amides is 1. The van der Waals surface area contributed by atoms with Crippen LogP contribution in [-0.4, -0.2) is 34.0 Å². The minimum Gasteiger partial charge on any atom is -0.452 e. The Labute approximate surface area is 182 Å². The molecule has 2 aromatic heterocycles. The van der Waals surface area contributed by atoms with E-state index in [1.165, 1.54) is 24.3 Å². The van der Waals surface area contributed by atoms with Crippen molar-refractivity contribution in [1.82, 2.24) is 14.8 Å². The Morgan fingerprint density at radius 1 is 1.25 bits per heavy atom. The van der Waals surface area contributed by atoms with Gasteiger partial charge in [0.15, 0.2) is 0 Å². The second-order valence-electron chi connectivity index (χ2n) is 7.53. The van der Waals surface area contributed by atoms with E-state index in [4.69, 9.17) is 9.47 Å². The molecular weight excluding hydrogens is 425 g/mol. The number of methoxy groups -OCH3 is 1. The number of alkyl halides is 3. The summed E-state index contributed by atoms with van der Waals surface area (Å²) in [7, 11) is 3.03. The van der Waals surface area contributed by atoms with Gasteiger partial charge >= 0.3 is 12.3 Å². The summed E-state index contributed by atoms with van der Waals surface area (Å²) in [5.74, 6) is -0.345. The molecule has 0 bridgehead atoms. The van der Waals surface area contributed by atoms with Gasteiger partial charge < -0.3 is 9.47 Å². The van der Waals surface area contributed by atoms with Gasteiger partial charge in [0.05, 0.1) is 19.0 Å². The molecule has 0 aliphatic carbocycles. The lowest BCUT2D eigenvalue weighted by Crippen LogP contribution is -2.42. The molecule has 7 nitrogen and oxygen atoms in total.